The van der Waals surface area contributed by atoms with Crippen LogP contribution in [0.3, 0.4) is 0 Å². The van der Waals surface area contributed by atoms with Gasteiger partial charge in [0, 0.05) is 23.2 Å². The monoisotopic (exact) mass is 488 g/mol. The third kappa shape index (κ3) is 4.91. The van der Waals surface area contributed by atoms with Gasteiger partial charge >= 0.3 is 0 Å². The summed E-state index contributed by atoms with van der Waals surface area (Å²) in [4.78, 5) is 39.6. The average Bonchev–Trinajstić information content (AvgIpc) is 3.10. The molecule has 188 valence electrons. The zero-order valence-corrected chi connectivity index (χ0v) is 20.8. The predicted octanol–water partition coefficient (Wildman–Crippen LogP) is 4.68. The zero-order chi connectivity index (χ0) is 25.8. The van der Waals surface area contributed by atoms with Crippen molar-refractivity contribution in [1.29, 1.82) is 0 Å². The number of carbonyl (C=O) groups is 3. The van der Waals surface area contributed by atoms with E-state index in [0.717, 1.165) is 36.0 Å². The zero-order valence-electron chi connectivity index (χ0n) is 20.8. The van der Waals surface area contributed by atoms with Crippen LogP contribution in [0, 0.1) is 0 Å². The van der Waals surface area contributed by atoms with E-state index in [0.29, 0.717) is 34.7 Å². The highest BCUT2D eigenvalue weighted by molar-refractivity contribution is 6.38. The number of hydrogen-bond donors (Lipinski definition) is 0. The highest BCUT2D eigenvalue weighted by Crippen LogP contribution is 2.46. The van der Waals surface area contributed by atoms with Crippen molar-refractivity contribution in [3.8, 4) is 11.5 Å². The lowest BCUT2D eigenvalue weighted by Gasteiger charge is -2.18. The number of hydrogen-bond acceptors (Lipinski definition) is 6. The van der Waals surface area contributed by atoms with Gasteiger partial charge < -0.3 is 19.4 Å². The molecule has 7 heteroatoms. The Balaban J connectivity index is 1.82. The maximum atomic E-state index is 13.8. The number of unbranched alkanes of at least 4 members (excludes halogenated alkanes) is 3. The minimum absolute atomic E-state index is 0.190. The summed E-state index contributed by atoms with van der Waals surface area (Å²) < 4.78 is 12.3. The molecular weight excluding hydrogens is 458 g/mol. The topological polar surface area (TPSA) is 96.0 Å². The Kier molecular flexibility index (Phi) is 7.58. The lowest BCUT2D eigenvalue weighted by atomic mass is 9.98. The van der Waals surface area contributed by atoms with Crippen LogP contribution in [-0.2, 0) is 11.2 Å². The molecule has 36 heavy (non-hydrogen) atoms. The molecule has 3 aromatic carbocycles. The van der Waals surface area contributed by atoms with Crippen molar-refractivity contribution in [2.75, 3.05) is 11.5 Å². The molecule has 0 aromatic heterocycles. The van der Waals surface area contributed by atoms with Crippen molar-refractivity contribution in [2.45, 2.75) is 59.0 Å². The van der Waals surface area contributed by atoms with Crippen molar-refractivity contribution in [2.24, 2.45) is 0 Å². The molecule has 0 bridgehead atoms. The van der Waals surface area contributed by atoms with E-state index in [-0.39, 0.29) is 23.7 Å². The van der Waals surface area contributed by atoms with Crippen LogP contribution in [0.15, 0.2) is 48.5 Å². The van der Waals surface area contributed by atoms with Gasteiger partial charge in [-0.15, -0.1) is 0 Å². The van der Waals surface area contributed by atoms with Gasteiger partial charge in [0.1, 0.15) is 11.5 Å². The minimum atomic E-state index is -1.20. The molecule has 0 aliphatic carbocycles. The van der Waals surface area contributed by atoms with Crippen LogP contribution >= 0.6 is 0 Å². The Morgan fingerprint density at radius 3 is 2.08 bits per heavy atom. The molecule has 7 nitrogen and oxygen atoms in total. The average molecular weight is 489 g/mol. The van der Waals surface area contributed by atoms with E-state index in [1.54, 1.807) is 24.3 Å². The van der Waals surface area contributed by atoms with Crippen molar-refractivity contribution in [1.82, 2.24) is 0 Å². The van der Waals surface area contributed by atoms with Crippen LogP contribution in [0.1, 0.15) is 72.7 Å². The molecule has 0 N–H and O–H groups in total. The van der Waals surface area contributed by atoms with Gasteiger partial charge in [0.15, 0.2) is 0 Å². The number of anilines is 1. The van der Waals surface area contributed by atoms with Crippen LogP contribution in [0.5, 0.6) is 11.5 Å². The van der Waals surface area contributed by atoms with Gasteiger partial charge in [0.2, 0.25) is 0 Å². The number of fused-ring (bicyclic) bond motifs is 2. The fourth-order valence-corrected chi connectivity index (χ4v) is 4.47. The number of nitrogens with zero attached hydrogens (tertiary/aromatic N) is 1. The molecule has 0 saturated heterocycles. The summed E-state index contributed by atoms with van der Waals surface area (Å²) in [5, 5.41) is 12.4. The predicted molar refractivity (Wildman–Crippen MR) is 136 cm³/mol. The van der Waals surface area contributed by atoms with E-state index in [1.807, 2.05) is 38.1 Å². The maximum absolute atomic E-state index is 13.8. The lowest BCUT2D eigenvalue weighted by Crippen LogP contribution is -2.29. The maximum Gasteiger partial charge on any atom is 0.270 e. The van der Waals surface area contributed by atoms with Gasteiger partial charge in [-0.25, -0.2) is 4.90 Å². The summed E-state index contributed by atoms with van der Waals surface area (Å²) in [6.07, 6.45) is 3.58. The number of carbonyl (C=O) groups excluding carboxylic acids is 3. The number of carboxylic acid groups (broad SMARTS) is 1. The Bertz CT molecular complexity index is 1300. The van der Waals surface area contributed by atoms with Crippen molar-refractivity contribution in [3.05, 3.63) is 65.2 Å². The second-order valence-corrected chi connectivity index (χ2v) is 9.19. The van der Waals surface area contributed by atoms with Crippen LogP contribution in [0.25, 0.3) is 10.8 Å². The van der Waals surface area contributed by atoms with E-state index in [2.05, 4.69) is 6.92 Å². The van der Waals surface area contributed by atoms with Gasteiger partial charge in [-0.2, -0.15) is 0 Å². The van der Waals surface area contributed by atoms with E-state index >= 15 is 0 Å². The van der Waals surface area contributed by atoms with E-state index in [4.69, 9.17) is 9.47 Å². The Hall–Kier alpha value is -3.87. The molecule has 2 amide bonds. The van der Waals surface area contributed by atoms with Crippen LogP contribution < -0.4 is 19.5 Å². The minimum Gasteiger partial charge on any atom is -0.550 e. The first-order chi connectivity index (χ1) is 17.3. The molecule has 0 unspecified atom stereocenters. The van der Waals surface area contributed by atoms with Crippen molar-refractivity contribution < 1.29 is 29.0 Å². The second kappa shape index (κ2) is 10.8. The number of aliphatic carboxylic acids is 1. The summed E-state index contributed by atoms with van der Waals surface area (Å²) in [5.41, 5.74) is 1.25. The first-order valence-electron chi connectivity index (χ1n) is 12.4. The number of imide groups is 1. The van der Waals surface area contributed by atoms with Gasteiger partial charge in [0.05, 0.1) is 29.5 Å². The Morgan fingerprint density at radius 2 is 1.50 bits per heavy atom. The van der Waals surface area contributed by atoms with Crippen LogP contribution in [-0.4, -0.2) is 30.5 Å². The lowest BCUT2D eigenvalue weighted by molar-refractivity contribution is -0.304. The summed E-state index contributed by atoms with van der Waals surface area (Å²) in [5.74, 6) is -1.44. The summed E-state index contributed by atoms with van der Waals surface area (Å²) in [6, 6.07) is 13.7. The third-order valence-corrected chi connectivity index (χ3v) is 6.10. The molecule has 0 radical (unpaired) electrons. The molecule has 0 atom stereocenters. The van der Waals surface area contributed by atoms with Gasteiger partial charge in [-0.1, -0.05) is 62.6 Å². The van der Waals surface area contributed by atoms with E-state index in [9.17, 15) is 19.5 Å². The van der Waals surface area contributed by atoms with Gasteiger partial charge in [-0.3, -0.25) is 9.59 Å². The van der Waals surface area contributed by atoms with E-state index < -0.39 is 17.8 Å². The number of rotatable bonds is 11. The molecule has 4 rings (SSSR count). The largest absolute Gasteiger partial charge is 0.550 e. The molecule has 0 fully saturated rings. The number of carboxylic acids is 1. The van der Waals surface area contributed by atoms with Crippen molar-refractivity contribution in [3.63, 3.8) is 0 Å². The van der Waals surface area contributed by atoms with E-state index in [1.165, 1.54) is 0 Å². The molecule has 1 heterocycles. The summed E-state index contributed by atoms with van der Waals surface area (Å²) in [6.45, 7) is 6.31. The summed E-state index contributed by atoms with van der Waals surface area (Å²) >= 11 is 0. The van der Waals surface area contributed by atoms with Crippen LogP contribution in [0.2, 0.25) is 0 Å². The SMILES string of the molecule is CCCCCCOc1c2c(c(OC(C)C)c3ccccc13)C(=O)N(c1ccc(CC(=O)[O-])cc1)C2=O. The highest BCUT2D eigenvalue weighted by Gasteiger charge is 2.43. The fourth-order valence-electron chi connectivity index (χ4n) is 4.47. The van der Waals surface area contributed by atoms with Crippen LogP contribution in [0.4, 0.5) is 5.69 Å². The second-order valence-electron chi connectivity index (χ2n) is 9.19. The highest BCUT2D eigenvalue weighted by atomic mass is 16.5. The molecule has 3 aromatic rings. The Morgan fingerprint density at radius 1 is 0.889 bits per heavy atom. The fraction of sp³-hybridized carbons (Fsp3) is 0.345. The molecule has 0 spiro atoms. The Labute approximate surface area is 210 Å². The summed E-state index contributed by atoms with van der Waals surface area (Å²) in [7, 11) is 0. The number of amides is 2. The quantitative estimate of drug-likeness (QED) is 0.287. The van der Waals surface area contributed by atoms with Gasteiger partial charge in [-0.05, 0) is 38.0 Å². The molecular formula is C29H30NO6-. The first-order valence-corrected chi connectivity index (χ1v) is 12.4. The molecule has 1 aliphatic heterocycles. The molecule has 1 aliphatic rings. The third-order valence-electron chi connectivity index (χ3n) is 6.10. The van der Waals surface area contributed by atoms with Gasteiger partial charge in [0.25, 0.3) is 11.8 Å². The smallest absolute Gasteiger partial charge is 0.270 e. The molecule has 0 saturated carbocycles. The number of benzene rings is 3. The number of ether oxygens (including phenoxy) is 2. The standard InChI is InChI=1S/C29H31NO6/c1-4-5-6-9-16-35-26-21-10-7-8-11-22(21)27(36-18(2)3)25-24(26)28(33)30(29(25)34)20-14-12-19(13-15-20)17-23(31)32/h7-8,10-15,18H,4-6,9,16-17H2,1-3H3,(H,31,32)/p-1. The van der Waals surface area contributed by atoms with Crippen molar-refractivity contribution >= 4 is 34.2 Å². The first kappa shape index (κ1) is 25.2. The normalized spacial score (nSPS) is 12.9.